The van der Waals surface area contributed by atoms with E-state index in [1.807, 2.05) is 60.7 Å². The zero-order valence-corrected chi connectivity index (χ0v) is 20.3. The number of hydrogen-bond donors (Lipinski definition) is 1. The van der Waals surface area contributed by atoms with Gasteiger partial charge in [-0.05, 0) is 66.9 Å². The van der Waals surface area contributed by atoms with Crippen molar-refractivity contribution < 1.29 is 13.9 Å². The normalized spacial score (nSPS) is 13.2. The Hall–Kier alpha value is -3.72. The van der Waals surface area contributed by atoms with E-state index in [-0.39, 0.29) is 5.91 Å². The number of ether oxygens (including phenoxy) is 1. The standard InChI is InChI=1S/C26H27N5O3S/c1-33-22-12-10-21(11-13-22)27-24(32)20-8-6-19(7-9-20)18-35-26-29-28-25(30-14-2-3-15-30)31(26)17-23-5-4-16-34-23/h4-13,16H,2-3,14-15,17-18H2,1H3,(H,27,32). The van der Waals surface area contributed by atoms with E-state index in [0.29, 0.717) is 12.1 Å². The molecule has 0 bridgehead atoms. The molecule has 0 atom stereocenters. The molecule has 1 saturated heterocycles. The van der Waals surface area contributed by atoms with Gasteiger partial charge in [-0.2, -0.15) is 0 Å². The molecule has 3 heterocycles. The lowest BCUT2D eigenvalue weighted by atomic mass is 10.1. The third-order valence-electron chi connectivity index (χ3n) is 5.91. The molecule has 0 radical (unpaired) electrons. The van der Waals surface area contributed by atoms with Gasteiger partial charge in [-0.25, -0.2) is 0 Å². The molecule has 1 fully saturated rings. The van der Waals surface area contributed by atoms with Gasteiger partial charge in [0.1, 0.15) is 11.5 Å². The highest BCUT2D eigenvalue weighted by molar-refractivity contribution is 7.98. The minimum atomic E-state index is -0.150. The van der Waals surface area contributed by atoms with Gasteiger partial charge in [-0.1, -0.05) is 23.9 Å². The Bertz CT molecular complexity index is 1250. The number of nitrogens with zero attached hydrogens (tertiary/aromatic N) is 4. The molecule has 4 aromatic rings. The van der Waals surface area contributed by atoms with Gasteiger partial charge in [-0.3, -0.25) is 9.36 Å². The molecule has 2 aromatic carbocycles. The fraction of sp³-hybridized carbons (Fsp3) is 0.269. The summed E-state index contributed by atoms with van der Waals surface area (Å²) in [6.45, 7) is 2.60. The summed E-state index contributed by atoms with van der Waals surface area (Å²) in [5, 5.41) is 12.7. The quantitative estimate of drug-likeness (QED) is 0.329. The highest BCUT2D eigenvalue weighted by atomic mass is 32.2. The van der Waals surface area contributed by atoms with Gasteiger partial charge < -0.3 is 19.4 Å². The number of methoxy groups -OCH3 is 1. The van der Waals surface area contributed by atoms with E-state index < -0.39 is 0 Å². The molecule has 5 rings (SSSR count). The fourth-order valence-electron chi connectivity index (χ4n) is 4.01. The second-order valence-electron chi connectivity index (χ2n) is 8.31. The minimum absolute atomic E-state index is 0.150. The number of aromatic nitrogens is 3. The van der Waals surface area contributed by atoms with Gasteiger partial charge in [0.05, 0.1) is 19.9 Å². The number of nitrogens with one attached hydrogen (secondary N) is 1. The molecule has 35 heavy (non-hydrogen) atoms. The molecule has 2 aromatic heterocycles. The molecule has 0 aliphatic carbocycles. The molecule has 1 aliphatic heterocycles. The first-order chi connectivity index (χ1) is 17.2. The predicted molar refractivity (Wildman–Crippen MR) is 136 cm³/mol. The summed E-state index contributed by atoms with van der Waals surface area (Å²) < 4.78 is 12.9. The predicted octanol–water partition coefficient (Wildman–Crippen LogP) is 5.07. The molecule has 0 saturated carbocycles. The van der Waals surface area contributed by atoms with Crippen molar-refractivity contribution in [3.63, 3.8) is 0 Å². The number of carbonyl (C=O) groups is 1. The van der Waals surface area contributed by atoms with Crippen molar-refractivity contribution in [1.82, 2.24) is 14.8 Å². The van der Waals surface area contributed by atoms with E-state index in [4.69, 9.17) is 9.15 Å². The van der Waals surface area contributed by atoms with Crippen molar-refractivity contribution in [2.75, 3.05) is 30.4 Å². The summed E-state index contributed by atoms with van der Waals surface area (Å²) in [7, 11) is 1.61. The highest BCUT2D eigenvalue weighted by Gasteiger charge is 2.22. The summed E-state index contributed by atoms with van der Waals surface area (Å²) in [5.41, 5.74) is 2.43. The maximum absolute atomic E-state index is 12.6. The summed E-state index contributed by atoms with van der Waals surface area (Å²) in [6.07, 6.45) is 4.04. The molecule has 1 amide bonds. The van der Waals surface area contributed by atoms with E-state index >= 15 is 0 Å². The summed E-state index contributed by atoms with van der Waals surface area (Å²) in [6, 6.07) is 18.8. The van der Waals surface area contributed by atoms with E-state index in [1.165, 1.54) is 12.8 Å². The zero-order chi connectivity index (χ0) is 24.0. The van der Waals surface area contributed by atoms with Crippen molar-refractivity contribution in [3.8, 4) is 5.75 Å². The van der Waals surface area contributed by atoms with Crippen LogP contribution >= 0.6 is 11.8 Å². The minimum Gasteiger partial charge on any atom is -0.497 e. The number of amides is 1. The average Bonchev–Trinajstić information content (AvgIpc) is 3.67. The monoisotopic (exact) mass is 489 g/mol. The number of carbonyl (C=O) groups excluding carboxylic acids is 1. The van der Waals surface area contributed by atoms with Crippen LogP contribution in [-0.2, 0) is 12.3 Å². The third-order valence-corrected chi connectivity index (χ3v) is 6.95. The number of furan rings is 1. The summed E-state index contributed by atoms with van der Waals surface area (Å²) in [4.78, 5) is 14.9. The van der Waals surface area contributed by atoms with Crippen LogP contribution in [0.15, 0.2) is 76.5 Å². The van der Waals surface area contributed by atoms with Gasteiger partial charge in [-0.15, -0.1) is 10.2 Å². The number of thioether (sulfide) groups is 1. The van der Waals surface area contributed by atoms with E-state index in [2.05, 4.69) is 25.0 Å². The lowest BCUT2D eigenvalue weighted by molar-refractivity contribution is 0.102. The van der Waals surface area contributed by atoms with Crippen LogP contribution in [0.1, 0.15) is 34.5 Å². The number of benzene rings is 2. The second kappa shape index (κ2) is 10.7. The van der Waals surface area contributed by atoms with Gasteiger partial charge in [0.15, 0.2) is 5.16 Å². The Kier molecular flexibility index (Phi) is 7.04. The number of rotatable bonds is 9. The van der Waals surface area contributed by atoms with Crippen molar-refractivity contribution in [3.05, 3.63) is 83.8 Å². The van der Waals surface area contributed by atoms with Crippen molar-refractivity contribution in [2.45, 2.75) is 30.3 Å². The van der Waals surface area contributed by atoms with Crippen LogP contribution in [0.5, 0.6) is 5.75 Å². The lowest BCUT2D eigenvalue weighted by Gasteiger charge is -2.17. The fourth-order valence-corrected chi connectivity index (χ4v) is 4.90. The van der Waals surface area contributed by atoms with E-state index in [1.54, 1.807) is 25.1 Å². The molecule has 180 valence electrons. The lowest BCUT2D eigenvalue weighted by Crippen LogP contribution is -2.22. The van der Waals surface area contributed by atoms with Crippen LogP contribution in [0.2, 0.25) is 0 Å². The first-order valence-corrected chi connectivity index (χ1v) is 12.6. The Balaban J connectivity index is 1.24. The molecule has 1 aliphatic rings. The van der Waals surface area contributed by atoms with Crippen LogP contribution in [0.3, 0.4) is 0 Å². The Morgan fingerprint density at radius 3 is 2.51 bits per heavy atom. The van der Waals surface area contributed by atoms with Crippen LogP contribution in [0, 0.1) is 0 Å². The van der Waals surface area contributed by atoms with Crippen molar-refractivity contribution >= 4 is 29.3 Å². The molecular formula is C26H27N5O3S. The first-order valence-electron chi connectivity index (χ1n) is 11.6. The molecule has 8 nitrogen and oxygen atoms in total. The van der Waals surface area contributed by atoms with E-state index in [9.17, 15) is 4.79 Å². The van der Waals surface area contributed by atoms with Crippen LogP contribution in [0.25, 0.3) is 0 Å². The van der Waals surface area contributed by atoms with Crippen molar-refractivity contribution in [1.29, 1.82) is 0 Å². The maximum Gasteiger partial charge on any atom is 0.255 e. The van der Waals surface area contributed by atoms with Crippen LogP contribution in [-0.4, -0.2) is 40.9 Å². The van der Waals surface area contributed by atoms with Crippen LogP contribution < -0.4 is 15.0 Å². The smallest absolute Gasteiger partial charge is 0.255 e. The molecule has 1 N–H and O–H groups in total. The van der Waals surface area contributed by atoms with Gasteiger partial charge in [0.2, 0.25) is 5.95 Å². The van der Waals surface area contributed by atoms with E-state index in [0.717, 1.165) is 52.7 Å². The number of hydrogen-bond acceptors (Lipinski definition) is 7. The van der Waals surface area contributed by atoms with Gasteiger partial charge in [0, 0.05) is 30.1 Å². The molecule has 9 heteroatoms. The summed E-state index contributed by atoms with van der Waals surface area (Å²) in [5.74, 6) is 3.09. The molecular weight excluding hydrogens is 462 g/mol. The first kappa shape index (κ1) is 23.0. The molecule has 0 spiro atoms. The third kappa shape index (κ3) is 5.51. The maximum atomic E-state index is 12.6. The van der Waals surface area contributed by atoms with Gasteiger partial charge >= 0.3 is 0 Å². The average molecular weight is 490 g/mol. The Morgan fingerprint density at radius 2 is 1.83 bits per heavy atom. The Labute approximate surface area is 208 Å². The zero-order valence-electron chi connectivity index (χ0n) is 19.5. The summed E-state index contributed by atoms with van der Waals surface area (Å²) >= 11 is 1.63. The largest absolute Gasteiger partial charge is 0.497 e. The molecule has 0 unspecified atom stereocenters. The SMILES string of the molecule is COc1ccc(NC(=O)c2ccc(CSc3nnc(N4CCCC4)n3Cc3ccco3)cc2)cc1. The second-order valence-corrected chi connectivity index (χ2v) is 9.25. The highest BCUT2D eigenvalue weighted by Crippen LogP contribution is 2.28. The van der Waals surface area contributed by atoms with Crippen LogP contribution in [0.4, 0.5) is 11.6 Å². The number of anilines is 2. The van der Waals surface area contributed by atoms with Gasteiger partial charge in [0.25, 0.3) is 5.91 Å². The van der Waals surface area contributed by atoms with Crippen molar-refractivity contribution in [2.24, 2.45) is 0 Å². The Morgan fingerprint density at radius 1 is 1.06 bits per heavy atom. The topological polar surface area (TPSA) is 85.4 Å².